The lowest BCUT2D eigenvalue weighted by atomic mass is 9.85. The van der Waals surface area contributed by atoms with Gasteiger partial charge >= 0.3 is 5.97 Å². The molecule has 2 bridgehead atoms. The fourth-order valence-electron chi connectivity index (χ4n) is 6.06. The molecule has 4 heterocycles. The molecule has 0 saturated carbocycles. The smallest absolute Gasteiger partial charge is 0.309 e. The van der Waals surface area contributed by atoms with Gasteiger partial charge in [0, 0.05) is 36.0 Å². The number of methoxy groups -OCH3 is 1. The molecule has 0 aliphatic carbocycles. The zero-order valence-corrected chi connectivity index (χ0v) is 22.9. The fraction of sp³-hybridized carbons (Fsp3) is 0.484. The number of amides is 2. The van der Waals surface area contributed by atoms with Crippen molar-refractivity contribution in [3.8, 4) is 11.1 Å². The molecule has 2 N–H and O–H groups in total. The average molecular weight is 531 g/mol. The average Bonchev–Trinajstić information content (AvgIpc) is 2.95. The van der Waals surface area contributed by atoms with Gasteiger partial charge in [-0.3, -0.25) is 19.4 Å². The number of carbonyl (C=O) groups excluding carboxylic acids is 3. The van der Waals surface area contributed by atoms with E-state index in [0.717, 1.165) is 67.6 Å². The number of nitrogens with zero attached hydrogens (tertiary/aromatic N) is 2. The van der Waals surface area contributed by atoms with Crippen LogP contribution in [0.2, 0.25) is 0 Å². The van der Waals surface area contributed by atoms with E-state index in [0.29, 0.717) is 24.6 Å². The third-order valence-corrected chi connectivity index (χ3v) is 8.39. The topological polar surface area (TPSA) is 101 Å². The van der Waals surface area contributed by atoms with Crippen molar-refractivity contribution in [1.29, 1.82) is 0 Å². The third kappa shape index (κ3) is 6.22. The van der Waals surface area contributed by atoms with Gasteiger partial charge in [-0.1, -0.05) is 31.1 Å². The number of piperidine rings is 1. The molecule has 1 aromatic heterocycles. The van der Waals surface area contributed by atoms with Crippen molar-refractivity contribution < 1.29 is 19.1 Å². The Morgan fingerprint density at radius 2 is 1.92 bits per heavy atom. The molecular formula is C31H38N4O4. The van der Waals surface area contributed by atoms with Crippen molar-refractivity contribution in [3.05, 3.63) is 59.4 Å². The summed E-state index contributed by atoms with van der Waals surface area (Å²) in [7, 11) is 1.37. The molecule has 2 atom stereocenters. The predicted molar refractivity (Wildman–Crippen MR) is 150 cm³/mol. The number of hydrogen-bond acceptors (Lipinski definition) is 6. The van der Waals surface area contributed by atoms with Crippen molar-refractivity contribution >= 4 is 23.5 Å². The minimum Gasteiger partial charge on any atom is -0.469 e. The molecule has 2 aromatic rings. The van der Waals surface area contributed by atoms with Crippen LogP contribution in [0, 0.1) is 11.8 Å². The van der Waals surface area contributed by atoms with Crippen LogP contribution < -0.4 is 10.6 Å². The van der Waals surface area contributed by atoms with Gasteiger partial charge in [0.25, 0.3) is 0 Å². The van der Waals surface area contributed by atoms with Gasteiger partial charge in [0.1, 0.15) is 0 Å². The van der Waals surface area contributed by atoms with Crippen LogP contribution in [0.1, 0.15) is 62.7 Å². The van der Waals surface area contributed by atoms with E-state index in [2.05, 4.69) is 10.6 Å². The Hall–Kier alpha value is -3.52. The van der Waals surface area contributed by atoms with Gasteiger partial charge in [-0.15, -0.1) is 0 Å². The van der Waals surface area contributed by atoms with Crippen molar-refractivity contribution in [2.45, 2.75) is 57.9 Å². The normalized spacial score (nSPS) is 22.6. The van der Waals surface area contributed by atoms with E-state index in [-0.39, 0.29) is 36.2 Å². The maximum Gasteiger partial charge on any atom is 0.309 e. The third-order valence-electron chi connectivity index (χ3n) is 8.39. The number of esters is 1. The summed E-state index contributed by atoms with van der Waals surface area (Å²) in [5.74, 6) is -0.0217. The number of anilines is 1. The number of fused-ring (bicyclic) bond motifs is 4. The number of aromatic nitrogens is 1. The Bertz CT molecular complexity index is 1270. The highest BCUT2D eigenvalue weighted by Crippen LogP contribution is 2.36. The minimum atomic E-state index is -0.333. The van der Waals surface area contributed by atoms with E-state index in [1.807, 2.05) is 48.2 Å². The van der Waals surface area contributed by atoms with Crippen LogP contribution >= 0.6 is 0 Å². The van der Waals surface area contributed by atoms with Gasteiger partial charge < -0.3 is 20.3 Å². The first-order valence-electron chi connectivity index (χ1n) is 14.1. The van der Waals surface area contributed by atoms with Gasteiger partial charge in [-0.2, -0.15) is 0 Å². The maximum absolute atomic E-state index is 13.5. The number of rotatable bonds is 4. The van der Waals surface area contributed by atoms with Crippen LogP contribution in [0.25, 0.3) is 11.1 Å². The summed E-state index contributed by atoms with van der Waals surface area (Å²) in [6, 6.07) is 9.48. The second-order valence-electron chi connectivity index (χ2n) is 11.0. The van der Waals surface area contributed by atoms with Gasteiger partial charge in [0.2, 0.25) is 11.8 Å². The zero-order valence-electron chi connectivity index (χ0n) is 22.9. The molecule has 8 heteroatoms. The number of pyridine rings is 1. The molecule has 0 spiro atoms. The van der Waals surface area contributed by atoms with Gasteiger partial charge in [0.15, 0.2) is 0 Å². The van der Waals surface area contributed by atoms with E-state index in [1.54, 1.807) is 6.20 Å². The van der Waals surface area contributed by atoms with Gasteiger partial charge in [0.05, 0.1) is 25.3 Å². The number of benzene rings is 1. The van der Waals surface area contributed by atoms with E-state index < -0.39 is 0 Å². The molecule has 0 radical (unpaired) electrons. The quantitative estimate of drug-likeness (QED) is 0.568. The minimum absolute atomic E-state index is 0.0542. The second kappa shape index (κ2) is 12.1. The summed E-state index contributed by atoms with van der Waals surface area (Å²) in [5, 5.41) is 6.51. The first kappa shape index (κ1) is 27.1. The molecule has 8 nitrogen and oxygen atoms in total. The Morgan fingerprint density at radius 3 is 2.69 bits per heavy atom. The van der Waals surface area contributed by atoms with E-state index in [1.165, 1.54) is 12.7 Å². The van der Waals surface area contributed by atoms with Gasteiger partial charge in [-0.25, -0.2) is 0 Å². The zero-order chi connectivity index (χ0) is 27.4. The Morgan fingerprint density at radius 1 is 1.10 bits per heavy atom. The predicted octanol–water partition coefficient (Wildman–Crippen LogP) is 4.42. The lowest BCUT2D eigenvalue weighted by Crippen LogP contribution is -2.39. The van der Waals surface area contributed by atoms with Crippen molar-refractivity contribution in [1.82, 2.24) is 15.2 Å². The highest BCUT2D eigenvalue weighted by atomic mass is 16.5. The lowest BCUT2D eigenvalue weighted by molar-refractivity contribution is -0.139. The van der Waals surface area contributed by atoms with Crippen LogP contribution in [0.3, 0.4) is 0 Å². The van der Waals surface area contributed by atoms with Crippen LogP contribution in [-0.4, -0.2) is 54.4 Å². The maximum atomic E-state index is 13.5. The van der Waals surface area contributed by atoms with Crippen LogP contribution in [0.5, 0.6) is 0 Å². The SMILES string of the molecule is COC(=O)Cc1ccc2c(c1)NC(=O)[C@H](C)CCC[C@H](N1CCC(C3CCNCC3)=CC1=O)c1cc-2ccn1. The fourth-order valence-corrected chi connectivity index (χ4v) is 6.06. The van der Waals surface area contributed by atoms with Crippen molar-refractivity contribution in [3.63, 3.8) is 0 Å². The largest absolute Gasteiger partial charge is 0.469 e. The summed E-state index contributed by atoms with van der Waals surface area (Å²) >= 11 is 0. The summed E-state index contributed by atoms with van der Waals surface area (Å²) < 4.78 is 4.83. The monoisotopic (exact) mass is 530 g/mol. The summed E-state index contributed by atoms with van der Waals surface area (Å²) in [4.78, 5) is 45.2. The first-order valence-corrected chi connectivity index (χ1v) is 14.1. The Labute approximate surface area is 230 Å². The standard InChI is InChI=1S/C31H38N4O4/c1-20-4-3-5-28(35-15-11-23(19-29(35)36)22-8-12-32-13-9-22)27-18-24(10-14-33-27)25-7-6-21(17-30(37)39-2)16-26(25)34-31(20)38/h6-7,10,14,16,18-20,22,28,32H,3-5,8-9,11-13,15,17H2,1-2H3,(H,34,38)/t20-,28+/m1/s1. The molecular weight excluding hydrogens is 492 g/mol. The number of ether oxygens (including phenoxy) is 1. The first-order chi connectivity index (χ1) is 18.9. The van der Waals surface area contributed by atoms with Crippen LogP contribution in [0.15, 0.2) is 48.2 Å². The Balaban J connectivity index is 1.48. The van der Waals surface area contributed by atoms with E-state index in [9.17, 15) is 14.4 Å². The summed E-state index contributed by atoms with van der Waals surface area (Å²) in [5.41, 5.74) is 5.34. The number of carbonyl (C=O) groups is 3. The van der Waals surface area contributed by atoms with Crippen LogP contribution in [-0.2, 0) is 25.5 Å². The molecule has 39 heavy (non-hydrogen) atoms. The molecule has 3 aliphatic heterocycles. The highest BCUT2D eigenvalue weighted by Gasteiger charge is 2.31. The molecule has 206 valence electrons. The molecule has 2 amide bonds. The molecule has 5 rings (SSSR count). The van der Waals surface area contributed by atoms with Crippen molar-refractivity contribution in [2.24, 2.45) is 11.8 Å². The van der Waals surface area contributed by atoms with E-state index >= 15 is 0 Å². The van der Waals surface area contributed by atoms with Crippen LogP contribution in [0.4, 0.5) is 5.69 Å². The molecule has 3 aliphatic rings. The molecule has 0 unspecified atom stereocenters. The summed E-state index contributed by atoms with van der Waals surface area (Å²) in [6.45, 7) is 4.65. The Kier molecular flexibility index (Phi) is 8.41. The van der Waals surface area contributed by atoms with Gasteiger partial charge in [-0.05, 0) is 80.4 Å². The summed E-state index contributed by atoms with van der Waals surface area (Å²) in [6.07, 6.45) is 9.13. The molecule has 1 fully saturated rings. The number of hydrogen-bond donors (Lipinski definition) is 2. The second-order valence-corrected chi connectivity index (χ2v) is 11.0. The molecule has 1 saturated heterocycles. The van der Waals surface area contributed by atoms with Crippen molar-refractivity contribution in [2.75, 3.05) is 32.1 Å². The number of nitrogens with one attached hydrogen (secondary N) is 2. The highest BCUT2D eigenvalue weighted by molar-refractivity contribution is 5.97. The molecule has 1 aromatic carbocycles. The van der Waals surface area contributed by atoms with E-state index in [4.69, 9.17) is 9.72 Å². The lowest BCUT2D eigenvalue weighted by Gasteiger charge is -2.36.